The van der Waals surface area contributed by atoms with Crippen LogP contribution >= 0.6 is 11.8 Å². The number of rotatable bonds is 8. The zero-order valence-corrected chi connectivity index (χ0v) is 14.3. The maximum Gasteiger partial charge on any atom is 0.260 e. The van der Waals surface area contributed by atoms with E-state index in [0.29, 0.717) is 12.1 Å². The van der Waals surface area contributed by atoms with Gasteiger partial charge in [0.1, 0.15) is 0 Å². The summed E-state index contributed by atoms with van der Waals surface area (Å²) in [5, 5.41) is 9.89. The molecule has 0 aliphatic carbocycles. The second kappa shape index (κ2) is 7.44. The van der Waals surface area contributed by atoms with Gasteiger partial charge in [0.15, 0.2) is 5.03 Å². The van der Waals surface area contributed by atoms with Crippen molar-refractivity contribution in [2.45, 2.75) is 44.4 Å². The highest BCUT2D eigenvalue weighted by atomic mass is 32.2. The number of thioether (sulfide) groups is 1. The highest BCUT2D eigenvalue weighted by Crippen LogP contribution is 2.19. The summed E-state index contributed by atoms with van der Waals surface area (Å²) in [6.07, 6.45) is 3.53. The Hall–Kier alpha value is -0.570. The lowest BCUT2D eigenvalue weighted by Gasteiger charge is -2.23. The van der Waals surface area contributed by atoms with Crippen LogP contribution in [-0.4, -0.2) is 54.1 Å². The van der Waals surface area contributed by atoms with Crippen LogP contribution in [0.15, 0.2) is 11.2 Å². The van der Waals surface area contributed by atoms with Gasteiger partial charge in [-0.05, 0) is 13.2 Å². The molecule has 6 nitrogen and oxygen atoms in total. The van der Waals surface area contributed by atoms with Crippen molar-refractivity contribution < 1.29 is 8.42 Å². The Morgan fingerprint density at radius 2 is 2.10 bits per heavy atom. The first kappa shape index (κ1) is 17.5. The van der Waals surface area contributed by atoms with Gasteiger partial charge >= 0.3 is 0 Å². The van der Waals surface area contributed by atoms with Crippen molar-refractivity contribution in [3.63, 3.8) is 0 Å². The Morgan fingerprint density at radius 1 is 1.45 bits per heavy atom. The summed E-state index contributed by atoms with van der Waals surface area (Å²) in [7, 11) is -1.93. The topological polar surface area (TPSA) is 78.1 Å². The SMILES string of the molecule is CSCC(C)N(C)S(=O)(=O)c1[nH]ncc1CNC(C)C. The first-order valence-electron chi connectivity index (χ1n) is 6.53. The third kappa shape index (κ3) is 4.21. The first-order valence-corrected chi connectivity index (χ1v) is 9.36. The molecule has 0 bridgehead atoms. The van der Waals surface area contributed by atoms with Crippen LogP contribution in [0.25, 0.3) is 0 Å². The molecule has 1 heterocycles. The second-order valence-corrected chi connectivity index (χ2v) is 7.93. The fraction of sp³-hybridized carbons (Fsp3) is 0.750. The second-order valence-electron chi connectivity index (χ2n) is 5.09. The Bertz CT molecular complexity index is 513. The molecule has 0 aliphatic heterocycles. The quantitative estimate of drug-likeness (QED) is 0.754. The van der Waals surface area contributed by atoms with E-state index in [1.165, 1.54) is 4.31 Å². The molecular weight excluding hydrogens is 296 g/mol. The van der Waals surface area contributed by atoms with E-state index in [-0.39, 0.29) is 17.1 Å². The van der Waals surface area contributed by atoms with E-state index in [1.54, 1.807) is 25.0 Å². The van der Waals surface area contributed by atoms with Crippen LogP contribution in [0.2, 0.25) is 0 Å². The molecule has 8 heteroatoms. The lowest BCUT2D eigenvalue weighted by molar-refractivity contribution is 0.412. The largest absolute Gasteiger partial charge is 0.310 e. The molecule has 0 saturated carbocycles. The Labute approximate surface area is 125 Å². The van der Waals surface area contributed by atoms with Gasteiger partial charge in [-0.3, -0.25) is 5.10 Å². The summed E-state index contributed by atoms with van der Waals surface area (Å²) in [6.45, 7) is 6.41. The van der Waals surface area contributed by atoms with Crippen LogP contribution in [-0.2, 0) is 16.6 Å². The summed E-state index contributed by atoms with van der Waals surface area (Å²) in [6, 6.07) is 0.220. The first-order chi connectivity index (χ1) is 9.30. The van der Waals surface area contributed by atoms with Gasteiger partial charge in [-0.25, -0.2) is 8.42 Å². The van der Waals surface area contributed by atoms with Gasteiger partial charge in [-0.15, -0.1) is 0 Å². The molecular formula is C12H24N4O2S2. The number of hydrogen-bond acceptors (Lipinski definition) is 5. The van der Waals surface area contributed by atoms with Gasteiger partial charge < -0.3 is 5.32 Å². The molecule has 116 valence electrons. The number of aromatic amines is 1. The van der Waals surface area contributed by atoms with Gasteiger partial charge in [0.2, 0.25) is 0 Å². The predicted molar refractivity (Wildman–Crippen MR) is 83.4 cm³/mol. The van der Waals surface area contributed by atoms with Crippen LogP contribution in [0.1, 0.15) is 26.3 Å². The molecule has 1 unspecified atom stereocenters. The van der Waals surface area contributed by atoms with Gasteiger partial charge in [0, 0.05) is 37.0 Å². The summed E-state index contributed by atoms with van der Waals surface area (Å²) >= 11 is 1.63. The van der Waals surface area contributed by atoms with Gasteiger partial charge in [-0.2, -0.15) is 21.2 Å². The Kier molecular flexibility index (Phi) is 6.50. The van der Waals surface area contributed by atoms with E-state index in [1.807, 2.05) is 27.0 Å². The van der Waals surface area contributed by atoms with E-state index in [9.17, 15) is 8.42 Å². The number of aromatic nitrogens is 2. The van der Waals surface area contributed by atoms with Gasteiger partial charge in [-0.1, -0.05) is 13.8 Å². The number of nitrogens with zero attached hydrogens (tertiary/aromatic N) is 2. The summed E-state index contributed by atoms with van der Waals surface area (Å²) in [4.78, 5) is 0. The van der Waals surface area contributed by atoms with Crippen molar-refractivity contribution in [3.05, 3.63) is 11.8 Å². The van der Waals surface area contributed by atoms with E-state index >= 15 is 0 Å². The highest BCUT2D eigenvalue weighted by Gasteiger charge is 2.29. The third-order valence-electron chi connectivity index (χ3n) is 3.04. The van der Waals surface area contributed by atoms with Crippen molar-refractivity contribution in [3.8, 4) is 0 Å². The van der Waals surface area contributed by atoms with E-state index in [4.69, 9.17) is 0 Å². The molecule has 20 heavy (non-hydrogen) atoms. The van der Waals surface area contributed by atoms with Crippen LogP contribution in [0.3, 0.4) is 0 Å². The van der Waals surface area contributed by atoms with Crippen molar-refractivity contribution >= 4 is 21.8 Å². The molecule has 1 rings (SSSR count). The summed E-state index contributed by atoms with van der Waals surface area (Å²) < 4.78 is 26.6. The molecule has 0 spiro atoms. The maximum absolute atomic E-state index is 12.6. The standard InChI is InChI=1S/C12H24N4O2S2/c1-9(2)13-6-11-7-14-15-12(11)20(17,18)16(4)10(3)8-19-5/h7,9-10,13H,6,8H2,1-5H3,(H,14,15). The maximum atomic E-state index is 12.6. The van der Waals surface area contributed by atoms with Crippen LogP contribution < -0.4 is 5.32 Å². The number of nitrogens with one attached hydrogen (secondary N) is 2. The predicted octanol–water partition coefficient (Wildman–Crippen LogP) is 1.28. The molecule has 1 atom stereocenters. The average Bonchev–Trinajstić information content (AvgIpc) is 2.84. The Morgan fingerprint density at radius 3 is 2.65 bits per heavy atom. The molecule has 0 radical (unpaired) electrons. The monoisotopic (exact) mass is 320 g/mol. The smallest absolute Gasteiger partial charge is 0.260 e. The highest BCUT2D eigenvalue weighted by molar-refractivity contribution is 7.98. The molecule has 1 aromatic rings. The molecule has 0 aromatic carbocycles. The van der Waals surface area contributed by atoms with E-state index < -0.39 is 10.0 Å². The molecule has 0 fully saturated rings. The van der Waals surface area contributed by atoms with Crippen molar-refractivity contribution in [2.75, 3.05) is 19.1 Å². The minimum atomic E-state index is -3.53. The number of sulfonamides is 1. The number of hydrogen-bond donors (Lipinski definition) is 2. The molecule has 0 saturated heterocycles. The zero-order chi connectivity index (χ0) is 15.3. The van der Waals surface area contributed by atoms with E-state index in [2.05, 4.69) is 15.5 Å². The minimum Gasteiger partial charge on any atom is -0.310 e. The number of H-pyrrole nitrogens is 1. The van der Waals surface area contributed by atoms with Crippen molar-refractivity contribution in [1.82, 2.24) is 19.8 Å². The molecule has 0 amide bonds. The van der Waals surface area contributed by atoms with E-state index in [0.717, 1.165) is 5.75 Å². The van der Waals surface area contributed by atoms with Crippen molar-refractivity contribution in [2.24, 2.45) is 0 Å². The molecule has 0 aliphatic rings. The molecule has 1 aromatic heterocycles. The lowest BCUT2D eigenvalue weighted by atomic mass is 10.3. The zero-order valence-electron chi connectivity index (χ0n) is 12.7. The fourth-order valence-electron chi connectivity index (χ4n) is 1.69. The van der Waals surface area contributed by atoms with Crippen LogP contribution in [0.5, 0.6) is 0 Å². The summed E-state index contributed by atoms with van der Waals surface area (Å²) in [5.74, 6) is 0.753. The van der Waals surface area contributed by atoms with Crippen LogP contribution in [0, 0.1) is 0 Å². The van der Waals surface area contributed by atoms with Crippen molar-refractivity contribution in [1.29, 1.82) is 0 Å². The summed E-state index contributed by atoms with van der Waals surface area (Å²) in [5.41, 5.74) is 0.668. The van der Waals surface area contributed by atoms with Gasteiger partial charge in [0.25, 0.3) is 10.0 Å². The lowest BCUT2D eigenvalue weighted by Crippen LogP contribution is -2.37. The molecule has 2 N–H and O–H groups in total. The Balaban J connectivity index is 2.95. The van der Waals surface area contributed by atoms with Gasteiger partial charge in [0.05, 0.1) is 6.20 Å². The fourth-order valence-corrected chi connectivity index (χ4v) is 3.95. The van der Waals surface area contributed by atoms with Crippen LogP contribution in [0.4, 0.5) is 0 Å². The third-order valence-corrected chi connectivity index (χ3v) is 5.85. The average molecular weight is 320 g/mol. The minimum absolute atomic E-state index is 0.0655. The normalized spacial score (nSPS) is 14.2.